The molecule has 0 spiro atoms. The van der Waals surface area contributed by atoms with Crippen LogP contribution in [-0.4, -0.2) is 56.5 Å². The molecule has 2 aromatic rings. The number of H-pyrrole nitrogens is 1. The van der Waals surface area contributed by atoms with E-state index in [4.69, 9.17) is 0 Å². The van der Waals surface area contributed by atoms with Gasteiger partial charge in [-0.2, -0.15) is 9.40 Å². The molecule has 9 heteroatoms. The maximum Gasteiger partial charge on any atom is 0.246 e. The number of benzene rings is 1. The Balaban J connectivity index is 2.07. The van der Waals surface area contributed by atoms with Crippen molar-refractivity contribution in [3.8, 4) is 0 Å². The number of aromatic amines is 1. The Kier molecular flexibility index (Phi) is 5.48. The second kappa shape index (κ2) is 7.24. The molecule has 0 bridgehead atoms. The van der Waals surface area contributed by atoms with Crippen molar-refractivity contribution in [1.82, 2.24) is 14.5 Å². The van der Waals surface area contributed by atoms with Gasteiger partial charge in [0.05, 0.1) is 17.9 Å². The molecule has 2 rings (SSSR count). The van der Waals surface area contributed by atoms with Crippen LogP contribution in [-0.2, 0) is 14.8 Å². The van der Waals surface area contributed by atoms with Crippen LogP contribution in [0.4, 0.5) is 11.4 Å². The number of sulfonamides is 1. The molecular weight excluding hydrogens is 342 g/mol. The van der Waals surface area contributed by atoms with Crippen LogP contribution in [0.25, 0.3) is 0 Å². The summed E-state index contributed by atoms with van der Waals surface area (Å²) < 4.78 is 26.3. The van der Waals surface area contributed by atoms with Crippen LogP contribution in [0.3, 0.4) is 0 Å². The van der Waals surface area contributed by atoms with Crippen molar-refractivity contribution in [2.45, 2.75) is 18.7 Å². The molecule has 0 aliphatic rings. The quantitative estimate of drug-likeness (QED) is 0.805. The highest BCUT2D eigenvalue weighted by molar-refractivity contribution is 7.89. The summed E-state index contributed by atoms with van der Waals surface area (Å²) in [6.07, 6.45) is 0. The Labute approximate surface area is 147 Å². The van der Waals surface area contributed by atoms with Gasteiger partial charge < -0.3 is 10.2 Å². The van der Waals surface area contributed by atoms with E-state index >= 15 is 0 Å². The molecule has 136 valence electrons. The minimum atomic E-state index is -3.79. The fraction of sp³-hybridized carbons (Fsp3) is 0.375. The summed E-state index contributed by atoms with van der Waals surface area (Å²) in [5.74, 6) is -0.414. The Morgan fingerprint density at radius 1 is 1.16 bits per heavy atom. The lowest BCUT2D eigenvalue weighted by Gasteiger charge is -2.17. The fourth-order valence-electron chi connectivity index (χ4n) is 2.41. The van der Waals surface area contributed by atoms with Gasteiger partial charge in [0.1, 0.15) is 4.90 Å². The molecule has 0 saturated carbocycles. The maximum atomic E-state index is 12.6. The second-order valence-electron chi connectivity index (χ2n) is 6.01. The van der Waals surface area contributed by atoms with Crippen LogP contribution < -0.4 is 10.2 Å². The molecule has 1 aromatic heterocycles. The number of nitrogens with one attached hydrogen (secondary N) is 2. The van der Waals surface area contributed by atoms with E-state index in [2.05, 4.69) is 15.5 Å². The highest BCUT2D eigenvalue weighted by Gasteiger charge is 2.28. The van der Waals surface area contributed by atoms with Gasteiger partial charge in [-0.25, -0.2) is 8.42 Å². The average molecular weight is 365 g/mol. The molecule has 0 fully saturated rings. The van der Waals surface area contributed by atoms with Crippen molar-refractivity contribution in [3.05, 3.63) is 35.7 Å². The summed E-state index contributed by atoms with van der Waals surface area (Å²) in [5, 5.41) is 9.24. The van der Waals surface area contributed by atoms with Crippen LogP contribution in [0.2, 0.25) is 0 Å². The lowest BCUT2D eigenvalue weighted by molar-refractivity contribution is -0.116. The topological polar surface area (TPSA) is 98.4 Å². The van der Waals surface area contributed by atoms with Gasteiger partial charge in [0.2, 0.25) is 15.9 Å². The summed E-state index contributed by atoms with van der Waals surface area (Å²) >= 11 is 0. The Hall–Kier alpha value is -2.39. The normalized spacial score (nSPS) is 11.6. The Morgan fingerprint density at radius 3 is 2.24 bits per heavy atom. The summed E-state index contributed by atoms with van der Waals surface area (Å²) in [5.41, 5.74) is 2.44. The molecule has 0 saturated heterocycles. The Morgan fingerprint density at radius 2 is 1.76 bits per heavy atom. The highest BCUT2D eigenvalue weighted by atomic mass is 32.2. The molecule has 0 radical (unpaired) electrons. The van der Waals surface area contributed by atoms with Gasteiger partial charge in [-0.1, -0.05) is 0 Å². The third kappa shape index (κ3) is 4.18. The number of likely N-dealkylation sites (N-methyl/N-ethyl adjacent to an activating group) is 1. The van der Waals surface area contributed by atoms with Gasteiger partial charge in [-0.05, 0) is 38.1 Å². The zero-order chi connectivity index (χ0) is 18.8. The van der Waals surface area contributed by atoms with E-state index in [0.29, 0.717) is 17.1 Å². The lowest BCUT2D eigenvalue weighted by Crippen LogP contribution is -2.35. The van der Waals surface area contributed by atoms with Gasteiger partial charge in [0.15, 0.2) is 0 Å². The maximum absolute atomic E-state index is 12.6. The van der Waals surface area contributed by atoms with E-state index in [1.165, 1.54) is 7.05 Å². The molecule has 1 heterocycles. The number of hydrogen-bond acceptors (Lipinski definition) is 5. The zero-order valence-electron chi connectivity index (χ0n) is 15.0. The molecule has 2 N–H and O–H groups in total. The largest absolute Gasteiger partial charge is 0.378 e. The summed E-state index contributed by atoms with van der Waals surface area (Å²) in [6.45, 7) is 2.95. The Bertz CT molecular complexity index is 837. The average Bonchev–Trinajstić information content (AvgIpc) is 2.87. The number of aryl methyl sites for hydroxylation is 2. The van der Waals surface area contributed by atoms with Crippen LogP contribution in [0.1, 0.15) is 11.4 Å². The van der Waals surface area contributed by atoms with Crippen LogP contribution in [0, 0.1) is 13.8 Å². The van der Waals surface area contributed by atoms with Gasteiger partial charge in [0.25, 0.3) is 0 Å². The van der Waals surface area contributed by atoms with Crippen molar-refractivity contribution in [3.63, 3.8) is 0 Å². The monoisotopic (exact) mass is 365 g/mol. The number of aromatic nitrogens is 2. The standard InChI is InChI=1S/C16H23N5O3S/c1-11-16(12(2)19-18-11)25(23,24)21(5)10-15(22)17-13-6-8-14(9-7-13)20(3)4/h6-9H,10H2,1-5H3,(H,17,22)(H,18,19). The van der Waals surface area contributed by atoms with Crippen LogP contribution in [0.15, 0.2) is 29.2 Å². The lowest BCUT2D eigenvalue weighted by atomic mass is 10.2. The first-order chi connectivity index (χ1) is 11.6. The summed E-state index contributed by atoms with van der Waals surface area (Å²) in [6, 6.07) is 7.28. The predicted molar refractivity (Wildman–Crippen MR) is 97.3 cm³/mol. The molecule has 25 heavy (non-hydrogen) atoms. The summed E-state index contributed by atoms with van der Waals surface area (Å²) in [7, 11) is 1.43. The van der Waals surface area contributed by atoms with Gasteiger partial charge in [0, 0.05) is 32.5 Å². The van der Waals surface area contributed by atoms with Gasteiger partial charge >= 0.3 is 0 Å². The number of amides is 1. The third-order valence-electron chi connectivity index (χ3n) is 3.76. The molecule has 1 aromatic carbocycles. The first-order valence-corrected chi connectivity index (χ1v) is 9.12. The molecule has 0 aliphatic carbocycles. The predicted octanol–water partition coefficient (Wildman–Crippen LogP) is 1.35. The van der Waals surface area contributed by atoms with E-state index in [1.54, 1.807) is 26.0 Å². The number of carbonyl (C=O) groups is 1. The van der Waals surface area contributed by atoms with Crippen molar-refractivity contribution >= 4 is 27.3 Å². The molecular formula is C16H23N5O3S. The fourth-order valence-corrected chi connectivity index (χ4v) is 3.86. The van der Waals surface area contributed by atoms with Crippen molar-refractivity contribution in [2.24, 2.45) is 0 Å². The third-order valence-corrected chi connectivity index (χ3v) is 5.83. The smallest absolute Gasteiger partial charge is 0.246 e. The summed E-state index contributed by atoms with van der Waals surface area (Å²) in [4.78, 5) is 14.2. The molecule has 0 unspecified atom stereocenters. The van der Waals surface area contributed by atoms with Gasteiger partial charge in [-0.15, -0.1) is 0 Å². The minimum absolute atomic E-state index is 0.109. The van der Waals surface area contributed by atoms with Crippen LogP contribution >= 0.6 is 0 Å². The molecule has 1 amide bonds. The van der Waals surface area contributed by atoms with E-state index in [1.807, 2.05) is 31.1 Å². The van der Waals surface area contributed by atoms with Crippen molar-refractivity contribution < 1.29 is 13.2 Å². The number of hydrogen-bond donors (Lipinski definition) is 2. The number of nitrogens with zero attached hydrogens (tertiary/aromatic N) is 3. The number of carbonyl (C=O) groups excluding carboxylic acids is 1. The number of rotatable bonds is 6. The first kappa shape index (κ1) is 18.9. The van der Waals surface area contributed by atoms with E-state index < -0.39 is 15.9 Å². The first-order valence-electron chi connectivity index (χ1n) is 7.68. The van der Waals surface area contributed by atoms with Gasteiger partial charge in [-0.3, -0.25) is 9.89 Å². The molecule has 0 atom stereocenters. The number of anilines is 2. The SMILES string of the molecule is Cc1n[nH]c(C)c1S(=O)(=O)N(C)CC(=O)Nc1ccc(N(C)C)cc1. The molecule has 8 nitrogen and oxygen atoms in total. The highest BCUT2D eigenvalue weighted by Crippen LogP contribution is 2.20. The van der Waals surface area contributed by atoms with E-state index in [-0.39, 0.29) is 11.4 Å². The van der Waals surface area contributed by atoms with Crippen molar-refractivity contribution in [2.75, 3.05) is 37.9 Å². The van der Waals surface area contributed by atoms with Crippen molar-refractivity contribution in [1.29, 1.82) is 0 Å². The van der Waals surface area contributed by atoms with Crippen LogP contribution in [0.5, 0.6) is 0 Å². The van der Waals surface area contributed by atoms with E-state index in [9.17, 15) is 13.2 Å². The van der Waals surface area contributed by atoms with E-state index in [0.717, 1.165) is 9.99 Å². The zero-order valence-corrected chi connectivity index (χ0v) is 15.8. The second-order valence-corrected chi connectivity index (χ2v) is 8.00. The molecule has 0 aliphatic heterocycles. The minimum Gasteiger partial charge on any atom is -0.378 e.